The first-order chi connectivity index (χ1) is 8.16. The molecule has 17 heavy (non-hydrogen) atoms. The number of hydrogen-bond acceptors (Lipinski definition) is 4. The summed E-state index contributed by atoms with van der Waals surface area (Å²) in [5.74, 6) is 0.978. The summed E-state index contributed by atoms with van der Waals surface area (Å²) < 4.78 is 5.32. The standard InChI is InChI=1S/C12H18ClN3O/c1-8(2)11-10(13)7-14-12(16-11)15-9-3-5-17-6-4-9/h7-9H,3-6H2,1-2H3,(H,14,15,16). The van der Waals surface area contributed by atoms with Gasteiger partial charge in [0.2, 0.25) is 5.95 Å². The largest absolute Gasteiger partial charge is 0.381 e. The van der Waals surface area contributed by atoms with Crippen LogP contribution in [0.15, 0.2) is 6.20 Å². The van der Waals surface area contributed by atoms with Crippen LogP contribution in [0, 0.1) is 0 Å². The number of nitrogens with zero attached hydrogens (tertiary/aromatic N) is 2. The average Bonchev–Trinajstić information content (AvgIpc) is 2.32. The Hall–Kier alpha value is -0.870. The first-order valence-corrected chi connectivity index (χ1v) is 6.41. The van der Waals surface area contributed by atoms with E-state index < -0.39 is 0 Å². The highest BCUT2D eigenvalue weighted by Crippen LogP contribution is 2.22. The van der Waals surface area contributed by atoms with Crippen molar-refractivity contribution in [2.24, 2.45) is 0 Å². The number of aromatic nitrogens is 2. The monoisotopic (exact) mass is 255 g/mol. The lowest BCUT2D eigenvalue weighted by Crippen LogP contribution is -2.28. The van der Waals surface area contributed by atoms with E-state index in [1.807, 2.05) is 0 Å². The third-order valence-electron chi connectivity index (χ3n) is 2.87. The summed E-state index contributed by atoms with van der Waals surface area (Å²) in [5.41, 5.74) is 0.899. The molecule has 0 saturated carbocycles. The van der Waals surface area contributed by atoms with E-state index in [9.17, 15) is 0 Å². The topological polar surface area (TPSA) is 47.0 Å². The predicted molar refractivity (Wildman–Crippen MR) is 68.6 cm³/mol. The van der Waals surface area contributed by atoms with Gasteiger partial charge in [-0.2, -0.15) is 0 Å². The number of hydrogen-bond donors (Lipinski definition) is 1. The van der Waals surface area contributed by atoms with Crippen molar-refractivity contribution in [2.45, 2.75) is 38.6 Å². The van der Waals surface area contributed by atoms with E-state index in [0.717, 1.165) is 31.7 Å². The molecular formula is C12H18ClN3O. The molecule has 0 bridgehead atoms. The SMILES string of the molecule is CC(C)c1nc(NC2CCOCC2)ncc1Cl. The molecule has 0 amide bonds. The number of rotatable bonds is 3. The van der Waals surface area contributed by atoms with Crippen molar-refractivity contribution >= 4 is 17.5 Å². The third kappa shape index (κ3) is 3.30. The fourth-order valence-electron chi connectivity index (χ4n) is 1.88. The van der Waals surface area contributed by atoms with Crippen molar-refractivity contribution in [3.8, 4) is 0 Å². The molecule has 2 rings (SSSR count). The van der Waals surface area contributed by atoms with Gasteiger partial charge >= 0.3 is 0 Å². The molecule has 0 atom stereocenters. The molecule has 94 valence electrons. The second kappa shape index (κ2) is 5.65. The van der Waals surface area contributed by atoms with Crippen molar-refractivity contribution in [3.63, 3.8) is 0 Å². The normalized spacial score (nSPS) is 17.4. The molecular weight excluding hydrogens is 238 g/mol. The fraction of sp³-hybridized carbons (Fsp3) is 0.667. The van der Waals surface area contributed by atoms with Gasteiger partial charge in [0.25, 0.3) is 0 Å². The Morgan fingerprint density at radius 1 is 1.41 bits per heavy atom. The van der Waals surface area contributed by atoms with Crippen LogP contribution in [0.25, 0.3) is 0 Å². The summed E-state index contributed by atoms with van der Waals surface area (Å²) >= 11 is 6.06. The van der Waals surface area contributed by atoms with Gasteiger partial charge in [-0.25, -0.2) is 9.97 Å². The maximum atomic E-state index is 6.06. The Labute approximate surface area is 107 Å². The van der Waals surface area contributed by atoms with Crippen LogP contribution in [0.4, 0.5) is 5.95 Å². The number of anilines is 1. The summed E-state index contributed by atoms with van der Waals surface area (Å²) in [4.78, 5) is 8.69. The summed E-state index contributed by atoms with van der Waals surface area (Å²) in [6, 6.07) is 0.407. The minimum absolute atomic E-state index is 0.306. The van der Waals surface area contributed by atoms with Crippen molar-refractivity contribution in [1.29, 1.82) is 0 Å². The molecule has 1 saturated heterocycles. The van der Waals surface area contributed by atoms with E-state index in [1.165, 1.54) is 0 Å². The molecule has 1 aliphatic rings. The summed E-state index contributed by atoms with van der Waals surface area (Å²) in [7, 11) is 0. The quantitative estimate of drug-likeness (QED) is 0.902. The Morgan fingerprint density at radius 3 is 2.76 bits per heavy atom. The van der Waals surface area contributed by atoms with E-state index in [-0.39, 0.29) is 0 Å². The summed E-state index contributed by atoms with van der Waals surface area (Å²) in [5, 5.41) is 3.98. The minimum atomic E-state index is 0.306. The van der Waals surface area contributed by atoms with Crippen LogP contribution >= 0.6 is 11.6 Å². The fourth-order valence-corrected chi connectivity index (χ4v) is 2.19. The van der Waals surface area contributed by atoms with Crippen LogP contribution in [-0.2, 0) is 4.74 Å². The first kappa shape index (κ1) is 12.6. The number of ether oxygens (including phenoxy) is 1. The summed E-state index contributed by atoms with van der Waals surface area (Å²) in [6.07, 6.45) is 3.68. The molecule has 1 fully saturated rings. The Balaban J connectivity index is 2.07. The van der Waals surface area contributed by atoms with E-state index in [4.69, 9.17) is 16.3 Å². The molecule has 0 aliphatic carbocycles. The van der Waals surface area contributed by atoms with Gasteiger partial charge in [0.05, 0.1) is 16.9 Å². The van der Waals surface area contributed by atoms with Gasteiger partial charge in [0.15, 0.2) is 0 Å². The maximum Gasteiger partial charge on any atom is 0.223 e. The van der Waals surface area contributed by atoms with Crippen molar-refractivity contribution < 1.29 is 4.74 Å². The van der Waals surface area contributed by atoms with E-state index in [1.54, 1.807) is 6.20 Å². The molecule has 1 aromatic rings. The molecule has 0 aromatic carbocycles. The molecule has 1 aliphatic heterocycles. The van der Waals surface area contributed by atoms with Crippen molar-refractivity contribution in [1.82, 2.24) is 9.97 Å². The molecule has 5 heteroatoms. The van der Waals surface area contributed by atoms with Gasteiger partial charge in [-0.15, -0.1) is 0 Å². The van der Waals surface area contributed by atoms with Crippen molar-refractivity contribution in [2.75, 3.05) is 18.5 Å². The van der Waals surface area contributed by atoms with Crippen LogP contribution < -0.4 is 5.32 Å². The van der Waals surface area contributed by atoms with Crippen LogP contribution in [0.1, 0.15) is 38.3 Å². The van der Waals surface area contributed by atoms with E-state index >= 15 is 0 Å². The first-order valence-electron chi connectivity index (χ1n) is 6.03. The van der Waals surface area contributed by atoms with Crippen LogP contribution in [0.3, 0.4) is 0 Å². The van der Waals surface area contributed by atoms with Gasteiger partial charge < -0.3 is 10.1 Å². The van der Waals surface area contributed by atoms with Crippen LogP contribution in [0.2, 0.25) is 5.02 Å². The van der Waals surface area contributed by atoms with Crippen LogP contribution in [-0.4, -0.2) is 29.2 Å². The highest BCUT2D eigenvalue weighted by atomic mass is 35.5. The van der Waals surface area contributed by atoms with Gasteiger partial charge in [-0.1, -0.05) is 25.4 Å². The second-order valence-corrected chi connectivity index (χ2v) is 5.02. The van der Waals surface area contributed by atoms with Crippen molar-refractivity contribution in [3.05, 3.63) is 16.9 Å². The molecule has 0 radical (unpaired) electrons. The smallest absolute Gasteiger partial charge is 0.223 e. The molecule has 0 unspecified atom stereocenters. The Kier molecular flexibility index (Phi) is 4.18. The lowest BCUT2D eigenvalue weighted by molar-refractivity contribution is 0.0903. The molecule has 1 N–H and O–H groups in total. The second-order valence-electron chi connectivity index (χ2n) is 4.61. The zero-order valence-corrected chi connectivity index (χ0v) is 11.0. The van der Waals surface area contributed by atoms with Gasteiger partial charge in [-0.3, -0.25) is 0 Å². The van der Waals surface area contributed by atoms with Gasteiger partial charge in [0, 0.05) is 19.3 Å². The molecule has 4 nitrogen and oxygen atoms in total. The zero-order valence-electron chi connectivity index (χ0n) is 10.2. The minimum Gasteiger partial charge on any atom is -0.381 e. The summed E-state index contributed by atoms with van der Waals surface area (Å²) in [6.45, 7) is 5.77. The lowest BCUT2D eigenvalue weighted by atomic mass is 10.1. The van der Waals surface area contributed by atoms with Gasteiger partial charge in [0.1, 0.15) is 0 Å². The molecule has 2 heterocycles. The van der Waals surface area contributed by atoms with E-state index in [0.29, 0.717) is 22.9 Å². The Bertz CT molecular complexity index is 378. The highest BCUT2D eigenvalue weighted by molar-refractivity contribution is 6.31. The lowest BCUT2D eigenvalue weighted by Gasteiger charge is -2.23. The number of halogens is 1. The van der Waals surface area contributed by atoms with E-state index in [2.05, 4.69) is 29.1 Å². The van der Waals surface area contributed by atoms with Crippen LogP contribution in [0.5, 0.6) is 0 Å². The molecule has 1 aromatic heterocycles. The third-order valence-corrected chi connectivity index (χ3v) is 3.16. The van der Waals surface area contributed by atoms with Gasteiger partial charge in [-0.05, 0) is 18.8 Å². The Morgan fingerprint density at radius 2 is 2.12 bits per heavy atom. The number of nitrogens with one attached hydrogen (secondary N) is 1. The zero-order chi connectivity index (χ0) is 12.3. The molecule has 0 spiro atoms. The highest BCUT2D eigenvalue weighted by Gasteiger charge is 2.16. The maximum absolute atomic E-state index is 6.06. The average molecular weight is 256 g/mol. The predicted octanol–water partition coefficient (Wildman–Crippen LogP) is 2.84.